The molecular weight excluding hydrogens is 484 g/mol. The Balaban J connectivity index is 1.97. The summed E-state index contributed by atoms with van der Waals surface area (Å²) in [6.45, 7) is 5.85. The van der Waals surface area contributed by atoms with Crippen LogP contribution >= 0.6 is 23.5 Å². The molecule has 8 heteroatoms. The number of ether oxygens (including phenoxy) is 2. The second-order valence-electron chi connectivity index (χ2n) is 9.58. The molecule has 1 heterocycles. The van der Waals surface area contributed by atoms with Crippen LogP contribution in [0.4, 0.5) is 0 Å². The molecule has 1 aliphatic heterocycles. The third kappa shape index (κ3) is 11.4. The molecule has 0 radical (unpaired) electrons. The minimum Gasteiger partial charge on any atom is -0.462 e. The number of carbonyl (C=O) groups is 1. The number of aliphatic hydroxyl groups is 3. The molecule has 5 atom stereocenters. The number of carbonyl (C=O) groups excluding carboxylic acids is 1. The lowest BCUT2D eigenvalue weighted by atomic mass is 9.92. The first-order valence-electron chi connectivity index (χ1n) is 12.9. The van der Waals surface area contributed by atoms with E-state index in [1.54, 1.807) is 0 Å². The molecule has 35 heavy (non-hydrogen) atoms. The lowest BCUT2D eigenvalue weighted by molar-refractivity contribution is -0.152. The molecule has 1 fully saturated rings. The number of rotatable bonds is 16. The summed E-state index contributed by atoms with van der Waals surface area (Å²) in [5.74, 6) is 1.48. The van der Waals surface area contributed by atoms with Gasteiger partial charge in [0.1, 0.15) is 6.10 Å². The van der Waals surface area contributed by atoms with Crippen LogP contribution in [0.2, 0.25) is 0 Å². The van der Waals surface area contributed by atoms with Crippen molar-refractivity contribution >= 4 is 29.5 Å². The van der Waals surface area contributed by atoms with E-state index in [4.69, 9.17) is 9.47 Å². The Kier molecular flexibility index (Phi) is 14.1. The Morgan fingerprint density at radius 2 is 1.80 bits per heavy atom. The van der Waals surface area contributed by atoms with Gasteiger partial charge in [0, 0.05) is 19.3 Å². The van der Waals surface area contributed by atoms with Crippen molar-refractivity contribution in [2.24, 2.45) is 5.92 Å². The molecule has 2 rings (SSSR count). The summed E-state index contributed by atoms with van der Waals surface area (Å²) in [7, 11) is 0. The molecule has 1 aromatic carbocycles. The first-order valence-corrected chi connectivity index (χ1v) is 14.8. The summed E-state index contributed by atoms with van der Waals surface area (Å²) in [4.78, 5) is 12.0. The van der Waals surface area contributed by atoms with E-state index in [0.717, 1.165) is 36.3 Å². The van der Waals surface area contributed by atoms with Crippen LogP contribution in [-0.2, 0) is 20.9 Å². The summed E-state index contributed by atoms with van der Waals surface area (Å²) in [5, 5.41) is 31.0. The van der Waals surface area contributed by atoms with Gasteiger partial charge in [-0.2, -0.15) is 0 Å². The van der Waals surface area contributed by atoms with Gasteiger partial charge < -0.3 is 24.8 Å². The predicted molar refractivity (Wildman–Crippen MR) is 144 cm³/mol. The van der Waals surface area contributed by atoms with Crippen LogP contribution in [0.25, 0.3) is 0 Å². The lowest BCUT2D eigenvalue weighted by Gasteiger charge is -2.40. The van der Waals surface area contributed by atoms with Gasteiger partial charge in [-0.05, 0) is 55.6 Å². The first kappa shape index (κ1) is 30.5. The molecule has 1 aromatic rings. The molecule has 0 bridgehead atoms. The maximum Gasteiger partial charge on any atom is 0.302 e. The van der Waals surface area contributed by atoms with Crippen molar-refractivity contribution in [3.8, 4) is 0 Å². The Morgan fingerprint density at radius 3 is 2.43 bits per heavy atom. The molecule has 1 aliphatic rings. The molecule has 0 amide bonds. The number of hydrogen-bond donors (Lipinski definition) is 3. The SMILES string of the molecule is CC[C@@H](O)C[C@H](O)CCCC1(C[C@H](OC(C)=O)[C@H](C)[C@@H](O)COCc2ccccc2)SCCCS1. The van der Waals surface area contributed by atoms with E-state index < -0.39 is 24.4 Å². The quantitative estimate of drug-likeness (QED) is 0.264. The average molecular weight is 529 g/mol. The minimum atomic E-state index is -0.754. The zero-order valence-corrected chi connectivity index (χ0v) is 23.1. The molecule has 0 aromatic heterocycles. The Labute approximate surface area is 219 Å². The molecule has 0 spiro atoms. The number of esters is 1. The van der Waals surface area contributed by atoms with Crippen molar-refractivity contribution in [2.75, 3.05) is 18.1 Å². The summed E-state index contributed by atoms with van der Waals surface area (Å²) in [6, 6.07) is 9.84. The Hall–Kier alpha value is -0.770. The topological polar surface area (TPSA) is 96.2 Å². The highest BCUT2D eigenvalue weighted by molar-refractivity contribution is 8.18. The van der Waals surface area contributed by atoms with Crippen molar-refractivity contribution in [2.45, 2.75) is 101 Å². The van der Waals surface area contributed by atoms with Crippen molar-refractivity contribution in [1.29, 1.82) is 0 Å². The largest absolute Gasteiger partial charge is 0.462 e. The van der Waals surface area contributed by atoms with Crippen LogP contribution in [-0.4, -0.2) is 67.9 Å². The summed E-state index contributed by atoms with van der Waals surface area (Å²) >= 11 is 3.82. The van der Waals surface area contributed by atoms with Gasteiger partial charge in [-0.1, -0.05) is 44.2 Å². The van der Waals surface area contributed by atoms with Crippen LogP contribution in [0, 0.1) is 5.92 Å². The van der Waals surface area contributed by atoms with Gasteiger partial charge in [-0.3, -0.25) is 4.79 Å². The monoisotopic (exact) mass is 528 g/mol. The average Bonchev–Trinajstić information content (AvgIpc) is 2.84. The fourth-order valence-corrected chi connectivity index (χ4v) is 7.79. The van der Waals surface area contributed by atoms with Crippen molar-refractivity contribution in [3.63, 3.8) is 0 Å². The van der Waals surface area contributed by atoms with Crippen molar-refractivity contribution < 1.29 is 29.6 Å². The standard InChI is InChI=1S/C27H44O6S2/c1-4-23(29)16-24(30)12-8-13-27(34-14-9-15-35-27)17-26(33-21(3)28)20(2)25(31)19-32-18-22-10-6-5-7-11-22/h5-7,10-11,20,23-26,29-31H,4,8-9,12-19H2,1-3H3/t20-,23-,24-,25+,26+/m1/s1. The molecule has 200 valence electrons. The Bertz CT molecular complexity index is 713. The van der Waals surface area contributed by atoms with Gasteiger partial charge in [0.2, 0.25) is 0 Å². The summed E-state index contributed by atoms with van der Waals surface area (Å²) in [5.41, 5.74) is 1.05. The van der Waals surface area contributed by atoms with Crippen LogP contribution in [0.15, 0.2) is 30.3 Å². The molecular formula is C27H44O6S2. The number of aliphatic hydroxyl groups excluding tert-OH is 3. The van der Waals surface area contributed by atoms with E-state index in [9.17, 15) is 20.1 Å². The molecule has 0 saturated carbocycles. The van der Waals surface area contributed by atoms with E-state index in [2.05, 4.69) is 0 Å². The van der Waals surface area contributed by atoms with Gasteiger partial charge >= 0.3 is 5.97 Å². The van der Waals surface area contributed by atoms with Crippen LogP contribution in [0.3, 0.4) is 0 Å². The van der Waals surface area contributed by atoms with Crippen LogP contribution < -0.4 is 0 Å². The molecule has 0 aliphatic carbocycles. The fraction of sp³-hybridized carbons (Fsp3) is 0.741. The molecule has 6 nitrogen and oxygen atoms in total. The highest BCUT2D eigenvalue weighted by Gasteiger charge is 2.40. The van der Waals surface area contributed by atoms with E-state index in [1.165, 1.54) is 6.92 Å². The Morgan fingerprint density at radius 1 is 1.11 bits per heavy atom. The summed E-state index contributed by atoms with van der Waals surface area (Å²) in [6.07, 6.45) is 3.06. The number of benzene rings is 1. The second-order valence-corrected chi connectivity index (χ2v) is 12.8. The predicted octanol–water partition coefficient (Wildman–Crippen LogP) is 4.78. The maximum atomic E-state index is 12.0. The van der Waals surface area contributed by atoms with Gasteiger partial charge in [-0.15, -0.1) is 23.5 Å². The van der Waals surface area contributed by atoms with E-state index >= 15 is 0 Å². The van der Waals surface area contributed by atoms with Crippen molar-refractivity contribution in [1.82, 2.24) is 0 Å². The van der Waals surface area contributed by atoms with Gasteiger partial charge in [0.05, 0.1) is 35.6 Å². The smallest absolute Gasteiger partial charge is 0.302 e. The highest BCUT2D eigenvalue weighted by atomic mass is 32.2. The third-order valence-corrected chi connectivity index (χ3v) is 10.0. The molecule has 1 saturated heterocycles. The minimum absolute atomic E-state index is 0.125. The highest BCUT2D eigenvalue weighted by Crippen LogP contribution is 2.50. The van der Waals surface area contributed by atoms with Gasteiger partial charge in [0.15, 0.2) is 0 Å². The fourth-order valence-electron chi connectivity index (χ4n) is 4.31. The zero-order valence-electron chi connectivity index (χ0n) is 21.4. The molecule has 0 unspecified atom stereocenters. The van der Waals surface area contributed by atoms with Crippen LogP contribution in [0.5, 0.6) is 0 Å². The summed E-state index contributed by atoms with van der Waals surface area (Å²) < 4.78 is 11.4. The third-order valence-electron chi connectivity index (χ3n) is 6.55. The lowest BCUT2D eigenvalue weighted by Crippen LogP contribution is -2.41. The van der Waals surface area contributed by atoms with E-state index in [-0.39, 0.29) is 22.6 Å². The van der Waals surface area contributed by atoms with Gasteiger partial charge in [-0.25, -0.2) is 0 Å². The molecule has 3 N–H and O–H groups in total. The maximum absolute atomic E-state index is 12.0. The second kappa shape index (κ2) is 16.2. The zero-order chi connectivity index (χ0) is 25.7. The number of thioether (sulfide) groups is 2. The van der Waals surface area contributed by atoms with E-state index in [1.807, 2.05) is 67.7 Å². The van der Waals surface area contributed by atoms with Gasteiger partial charge in [0.25, 0.3) is 0 Å². The van der Waals surface area contributed by atoms with Crippen molar-refractivity contribution in [3.05, 3.63) is 35.9 Å². The van der Waals surface area contributed by atoms with E-state index in [0.29, 0.717) is 32.3 Å². The number of hydrogen-bond acceptors (Lipinski definition) is 8. The normalized spacial score (nSPS) is 19.9. The first-order chi connectivity index (χ1) is 16.7. The van der Waals surface area contributed by atoms with Crippen LogP contribution in [0.1, 0.15) is 71.3 Å².